The Labute approximate surface area is 101 Å². The van der Waals surface area contributed by atoms with Crippen LogP contribution in [0.15, 0.2) is 0 Å². The number of halogens is 1. The SMILES string of the molecule is COCCNC(=O)CNS(=O)(=O)CCCCl. The number of alkyl halides is 1. The molecule has 6 nitrogen and oxygen atoms in total. The molecule has 0 aliphatic rings. The maximum atomic E-state index is 11.2. The van der Waals surface area contributed by atoms with E-state index >= 15 is 0 Å². The fourth-order valence-electron chi connectivity index (χ4n) is 0.847. The first-order valence-corrected chi connectivity index (χ1v) is 6.99. The number of amides is 1. The van der Waals surface area contributed by atoms with Crippen molar-refractivity contribution in [1.29, 1.82) is 0 Å². The summed E-state index contributed by atoms with van der Waals surface area (Å²) < 4.78 is 29.4. The summed E-state index contributed by atoms with van der Waals surface area (Å²) >= 11 is 5.37. The number of rotatable bonds is 9. The van der Waals surface area contributed by atoms with Crippen LogP contribution >= 0.6 is 11.6 Å². The van der Waals surface area contributed by atoms with Crippen LogP contribution in [0.1, 0.15) is 6.42 Å². The van der Waals surface area contributed by atoms with Crippen LogP contribution in [0.25, 0.3) is 0 Å². The summed E-state index contributed by atoms with van der Waals surface area (Å²) in [5.74, 6) is -0.172. The van der Waals surface area contributed by atoms with Crippen molar-refractivity contribution in [3.8, 4) is 0 Å². The van der Waals surface area contributed by atoms with Crippen LogP contribution in [-0.4, -0.2) is 52.8 Å². The lowest BCUT2D eigenvalue weighted by Crippen LogP contribution is -2.39. The quantitative estimate of drug-likeness (QED) is 0.429. The highest BCUT2D eigenvalue weighted by atomic mass is 35.5. The molecule has 0 saturated heterocycles. The predicted octanol–water partition coefficient (Wildman–Crippen LogP) is -0.703. The molecule has 0 radical (unpaired) electrons. The number of sulfonamides is 1. The molecule has 16 heavy (non-hydrogen) atoms. The molecule has 1 amide bonds. The van der Waals surface area contributed by atoms with Crippen molar-refractivity contribution in [2.24, 2.45) is 0 Å². The van der Waals surface area contributed by atoms with Crippen molar-refractivity contribution in [3.63, 3.8) is 0 Å². The lowest BCUT2D eigenvalue weighted by Gasteiger charge is -2.06. The van der Waals surface area contributed by atoms with Crippen molar-refractivity contribution in [1.82, 2.24) is 10.0 Å². The van der Waals surface area contributed by atoms with Gasteiger partial charge in [0.25, 0.3) is 0 Å². The molecule has 96 valence electrons. The molecule has 0 aliphatic heterocycles. The molecule has 0 fully saturated rings. The van der Waals surface area contributed by atoms with Gasteiger partial charge in [-0.2, -0.15) is 0 Å². The summed E-state index contributed by atoms with van der Waals surface area (Å²) in [6.45, 7) is 0.498. The third-order valence-corrected chi connectivity index (χ3v) is 3.31. The molecular weight excluding hydrogens is 256 g/mol. The highest BCUT2D eigenvalue weighted by molar-refractivity contribution is 7.89. The molecule has 8 heteroatoms. The van der Waals surface area contributed by atoms with Gasteiger partial charge in [0.15, 0.2) is 0 Å². The van der Waals surface area contributed by atoms with Gasteiger partial charge < -0.3 is 10.1 Å². The zero-order chi connectivity index (χ0) is 12.4. The molecule has 0 atom stereocenters. The van der Waals surface area contributed by atoms with Gasteiger partial charge in [-0.1, -0.05) is 0 Å². The maximum Gasteiger partial charge on any atom is 0.235 e. The molecule has 0 aromatic carbocycles. The van der Waals surface area contributed by atoms with Crippen LogP contribution in [0.3, 0.4) is 0 Å². The number of methoxy groups -OCH3 is 1. The van der Waals surface area contributed by atoms with Crippen molar-refractivity contribution < 1.29 is 17.9 Å². The molecule has 0 unspecified atom stereocenters. The summed E-state index contributed by atoms with van der Waals surface area (Å²) in [7, 11) is -1.88. The zero-order valence-corrected chi connectivity index (χ0v) is 10.7. The maximum absolute atomic E-state index is 11.2. The van der Waals surface area contributed by atoms with Crippen molar-refractivity contribution in [3.05, 3.63) is 0 Å². The lowest BCUT2D eigenvalue weighted by molar-refractivity contribution is -0.120. The van der Waals surface area contributed by atoms with Crippen LogP contribution in [-0.2, 0) is 19.6 Å². The summed E-state index contributed by atoms with van der Waals surface area (Å²) in [6.07, 6.45) is 0.363. The Hall–Kier alpha value is -0.370. The van der Waals surface area contributed by atoms with Crippen LogP contribution in [0.2, 0.25) is 0 Å². The summed E-state index contributed by atoms with van der Waals surface area (Å²) in [4.78, 5) is 11.1. The monoisotopic (exact) mass is 272 g/mol. The van der Waals surface area contributed by atoms with Crippen LogP contribution in [0, 0.1) is 0 Å². The van der Waals surface area contributed by atoms with Gasteiger partial charge in [-0.05, 0) is 6.42 Å². The zero-order valence-electron chi connectivity index (χ0n) is 9.16. The minimum atomic E-state index is -3.40. The number of hydrogen-bond acceptors (Lipinski definition) is 4. The molecular formula is C8H17ClN2O4S. The number of nitrogens with one attached hydrogen (secondary N) is 2. The van der Waals surface area contributed by atoms with E-state index in [4.69, 9.17) is 16.3 Å². The molecule has 0 aromatic rings. The Kier molecular flexibility index (Phi) is 8.54. The van der Waals surface area contributed by atoms with E-state index in [9.17, 15) is 13.2 Å². The molecule has 0 aliphatic carbocycles. The number of carbonyl (C=O) groups is 1. The van der Waals surface area contributed by atoms with Gasteiger partial charge in [0.2, 0.25) is 15.9 Å². The molecule has 0 saturated carbocycles. The smallest absolute Gasteiger partial charge is 0.235 e. The summed E-state index contributed by atoms with van der Waals surface area (Å²) in [5.41, 5.74) is 0. The summed E-state index contributed by atoms with van der Waals surface area (Å²) in [6, 6.07) is 0. The highest BCUT2D eigenvalue weighted by Crippen LogP contribution is 1.91. The molecule has 0 bridgehead atoms. The van der Waals surface area contributed by atoms with E-state index in [1.54, 1.807) is 0 Å². The van der Waals surface area contributed by atoms with Gasteiger partial charge in [-0.25, -0.2) is 13.1 Å². The van der Waals surface area contributed by atoms with Gasteiger partial charge >= 0.3 is 0 Å². The van der Waals surface area contributed by atoms with Crippen molar-refractivity contribution in [2.75, 3.05) is 38.4 Å². The number of ether oxygens (including phenoxy) is 1. The Morgan fingerprint density at radius 3 is 2.69 bits per heavy atom. The van der Waals surface area contributed by atoms with Gasteiger partial charge in [0.1, 0.15) is 0 Å². The van der Waals surface area contributed by atoms with E-state index in [1.807, 2.05) is 0 Å². The Morgan fingerprint density at radius 2 is 2.12 bits per heavy atom. The second-order valence-electron chi connectivity index (χ2n) is 3.03. The molecule has 0 rings (SSSR count). The fourth-order valence-corrected chi connectivity index (χ4v) is 2.16. The second kappa shape index (κ2) is 8.74. The second-order valence-corrected chi connectivity index (χ2v) is 5.33. The van der Waals surface area contributed by atoms with E-state index in [-0.39, 0.29) is 24.1 Å². The Morgan fingerprint density at radius 1 is 1.44 bits per heavy atom. The standard InChI is InChI=1S/C8H17ClN2O4S/c1-15-5-4-10-8(12)7-11-16(13,14)6-2-3-9/h11H,2-7H2,1H3,(H,10,12). The van der Waals surface area contributed by atoms with Gasteiger partial charge in [0, 0.05) is 19.5 Å². The third-order valence-electron chi connectivity index (χ3n) is 1.63. The van der Waals surface area contributed by atoms with E-state index in [1.165, 1.54) is 7.11 Å². The van der Waals surface area contributed by atoms with Gasteiger partial charge in [0.05, 0.1) is 18.9 Å². The predicted molar refractivity (Wildman–Crippen MR) is 62.0 cm³/mol. The Bertz CT molecular complexity index is 294. The number of hydrogen-bond donors (Lipinski definition) is 2. The van der Waals surface area contributed by atoms with E-state index in [0.717, 1.165) is 0 Å². The van der Waals surface area contributed by atoms with Gasteiger partial charge in [-0.15, -0.1) is 11.6 Å². The van der Waals surface area contributed by atoms with Crippen molar-refractivity contribution in [2.45, 2.75) is 6.42 Å². The van der Waals surface area contributed by atoms with Crippen LogP contribution in [0.5, 0.6) is 0 Å². The summed E-state index contributed by atoms with van der Waals surface area (Å²) in [5, 5.41) is 2.50. The minimum Gasteiger partial charge on any atom is -0.383 e. The average Bonchev–Trinajstić information content (AvgIpc) is 2.24. The minimum absolute atomic E-state index is 0.0676. The van der Waals surface area contributed by atoms with Crippen LogP contribution < -0.4 is 10.0 Å². The molecule has 2 N–H and O–H groups in total. The third kappa shape index (κ3) is 8.90. The van der Waals surface area contributed by atoms with Gasteiger partial charge in [-0.3, -0.25) is 4.79 Å². The van der Waals surface area contributed by atoms with Crippen LogP contribution in [0.4, 0.5) is 0 Å². The molecule has 0 aromatic heterocycles. The average molecular weight is 273 g/mol. The number of carbonyl (C=O) groups excluding carboxylic acids is 1. The van der Waals surface area contributed by atoms with E-state index < -0.39 is 10.0 Å². The first-order valence-electron chi connectivity index (χ1n) is 4.81. The topological polar surface area (TPSA) is 84.5 Å². The first-order chi connectivity index (χ1) is 7.52. The fraction of sp³-hybridized carbons (Fsp3) is 0.875. The lowest BCUT2D eigenvalue weighted by atomic mass is 10.5. The van der Waals surface area contributed by atoms with Crippen molar-refractivity contribution >= 4 is 27.5 Å². The largest absolute Gasteiger partial charge is 0.383 e. The Balaban J connectivity index is 3.73. The normalized spacial score (nSPS) is 11.4. The van der Waals surface area contributed by atoms with E-state index in [0.29, 0.717) is 19.6 Å². The van der Waals surface area contributed by atoms with E-state index in [2.05, 4.69) is 10.0 Å². The first kappa shape index (κ1) is 15.6. The molecule has 0 heterocycles. The highest BCUT2D eigenvalue weighted by Gasteiger charge is 2.11. The molecule has 0 spiro atoms.